The molecule has 0 aromatic heterocycles. The summed E-state index contributed by atoms with van der Waals surface area (Å²) in [4.78, 5) is 22.3. The fourth-order valence-electron chi connectivity index (χ4n) is 2.05. The molecule has 3 atom stereocenters. The molecular formula is C8H11ClN2O2. The Hall–Kier alpha value is -0.770. The maximum Gasteiger partial charge on any atom is 0.321 e. The van der Waals surface area contributed by atoms with Gasteiger partial charge in [-0.25, -0.2) is 4.79 Å². The highest BCUT2D eigenvalue weighted by Gasteiger charge is 2.41. The van der Waals surface area contributed by atoms with Crippen LogP contribution in [0.2, 0.25) is 0 Å². The van der Waals surface area contributed by atoms with Crippen LogP contribution in [0.3, 0.4) is 0 Å². The molecule has 13 heavy (non-hydrogen) atoms. The largest absolute Gasteiger partial charge is 0.334 e. The van der Waals surface area contributed by atoms with E-state index in [1.165, 1.54) is 0 Å². The van der Waals surface area contributed by atoms with E-state index in [0.717, 1.165) is 19.3 Å². The number of amides is 3. The van der Waals surface area contributed by atoms with Crippen LogP contribution in [0.5, 0.6) is 0 Å². The Kier molecular flexibility index (Phi) is 2.15. The van der Waals surface area contributed by atoms with Gasteiger partial charge in [-0.2, -0.15) is 0 Å². The molecule has 4 nitrogen and oxygen atoms in total. The van der Waals surface area contributed by atoms with Gasteiger partial charge in [-0.15, -0.1) is 11.6 Å². The van der Waals surface area contributed by atoms with Gasteiger partial charge in [-0.1, -0.05) is 0 Å². The predicted molar refractivity (Wildman–Crippen MR) is 47.4 cm³/mol. The summed E-state index contributed by atoms with van der Waals surface area (Å²) in [6, 6.07) is -0.450. The molecule has 72 valence electrons. The first-order valence-corrected chi connectivity index (χ1v) is 4.87. The minimum atomic E-state index is -0.392. The Morgan fingerprint density at radius 1 is 1.31 bits per heavy atom. The lowest BCUT2D eigenvalue weighted by Gasteiger charge is -2.37. The maximum atomic E-state index is 11.4. The SMILES string of the molecule is O=C1NC(=O)C2C(Cl)CCCC2N1. The van der Waals surface area contributed by atoms with Gasteiger partial charge in [0.15, 0.2) is 0 Å². The van der Waals surface area contributed by atoms with Crippen molar-refractivity contribution in [1.82, 2.24) is 10.6 Å². The fourth-order valence-corrected chi connectivity index (χ4v) is 2.50. The third-order valence-electron chi connectivity index (χ3n) is 2.67. The highest BCUT2D eigenvalue weighted by Crippen LogP contribution is 2.30. The van der Waals surface area contributed by atoms with Crippen LogP contribution in [0, 0.1) is 5.92 Å². The molecule has 3 amide bonds. The molecule has 3 unspecified atom stereocenters. The van der Waals surface area contributed by atoms with E-state index >= 15 is 0 Å². The number of hydrogen-bond donors (Lipinski definition) is 2. The Bertz CT molecular complexity index is 257. The minimum Gasteiger partial charge on any atom is -0.334 e. The summed E-state index contributed by atoms with van der Waals surface area (Å²) in [7, 11) is 0. The van der Waals surface area contributed by atoms with Crippen molar-refractivity contribution in [1.29, 1.82) is 0 Å². The number of carbonyl (C=O) groups excluding carboxylic acids is 2. The average Bonchev–Trinajstić information content (AvgIpc) is 2.02. The summed E-state index contributed by atoms with van der Waals surface area (Å²) in [5.41, 5.74) is 0. The van der Waals surface area contributed by atoms with E-state index in [1.54, 1.807) is 0 Å². The molecule has 0 bridgehead atoms. The summed E-state index contributed by atoms with van der Waals surface area (Å²) in [5.74, 6) is -0.471. The van der Waals surface area contributed by atoms with Gasteiger partial charge in [0, 0.05) is 11.4 Å². The number of nitrogens with one attached hydrogen (secondary N) is 2. The van der Waals surface area contributed by atoms with Gasteiger partial charge in [-0.3, -0.25) is 10.1 Å². The van der Waals surface area contributed by atoms with Crippen molar-refractivity contribution in [3.05, 3.63) is 0 Å². The van der Waals surface area contributed by atoms with E-state index in [2.05, 4.69) is 10.6 Å². The standard InChI is InChI=1S/C8H11ClN2O2/c9-4-2-1-3-5-6(4)7(12)11-8(13)10-5/h4-6H,1-3H2,(H2,10,11,12,13). The average molecular weight is 203 g/mol. The Balaban J connectivity index is 2.17. The summed E-state index contributed by atoms with van der Waals surface area (Å²) in [6.07, 6.45) is 2.68. The molecule has 2 N–H and O–H groups in total. The molecule has 0 spiro atoms. The zero-order valence-corrected chi connectivity index (χ0v) is 7.80. The summed E-state index contributed by atoms with van der Waals surface area (Å²) in [6.45, 7) is 0. The first kappa shape index (κ1) is 8.81. The quantitative estimate of drug-likeness (QED) is 0.566. The summed E-state index contributed by atoms with van der Waals surface area (Å²) in [5, 5.41) is 4.82. The number of hydrogen-bond acceptors (Lipinski definition) is 2. The smallest absolute Gasteiger partial charge is 0.321 e. The van der Waals surface area contributed by atoms with E-state index in [9.17, 15) is 9.59 Å². The van der Waals surface area contributed by atoms with Crippen molar-refractivity contribution in [2.45, 2.75) is 30.7 Å². The highest BCUT2D eigenvalue weighted by atomic mass is 35.5. The van der Waals surface area contributed by atoms with E-state index in [1.807, 2.05) is 0 Å². The Labute approximate surface area is 81.0 Å². The minimum absolute atomic E-state index is 0.0579. The molecular weight excluding hydrogens is 192 g/mol. The molecule has 1 saturated carbocycles. The number of rotatable bonds is 0. The molecule has 1 aliphatic carbocycles. The molecule has 1 aliphatic heterocycles. The van der Waals surface area contributed by atoms with Gasteiger partial charge in [0.2, 0.25) is 5.91 Å². The highest BCUT2D eigenvalue weighted by molar-refractivity contribution is 6.22. The van der Waals surface area contributed by atoms with Crippen LogP contribution < -0.4 is 10.6 Å². The van der Waals surface area contributed by atoms with E-state index in [4.69, 9.17) is 11.6 Å². The first-order valence-electron chi connectivity index (χ1n) is 4.44. The number of alkyl halides is 1. The lowest BCUT2D eigenvalue weighted by molar-refractivity contribution is -0.126. The number of urea groups is 1. The van der Waals surface area contributed by atoms with Crippen LogP contribution in [0.4, 0.5) is 4.79 Å². The Morgan fingerprint density at radius 2 is 2.08 bits per heavy atom. The van der Waals surface area contributed by atoms with Crippen molar-refractivity contribution < 1.29 is 9.59 Å². The summed E-state index contributed by atoms with van der Waals surface area (Å²) < 4.78 is 0. The molecule has 2 rings (SSSR count). The van der Waals surface area contributed by atoms with Crippen LogP contribution >= 0.6 is 11.6 Å². The molecule has 0 radical (unpaired) electrons. The lowest BCUT2D eigenvalue weighted by atomic mass is 9.82. The molecule has 0 aromatic rings. The summed E-state index contributed by atoms with van der Waals surface area (Å²) >= 11 is 6.02. The lowest BCUT2D eigenvalue weighted by Crippen LogP contribution is -2.61. The third-order valence-corrected chi connectivity index (χ3v) is 3.16. The van der Waals surface area contributed by atoms with Gasteiger partial charge in [0.1, 0.15) is 0 Å². The number of halogens is 1. The van der Waals surface area contributed by atoms with E-state index < -0.39 is 6.03 Å². The van der Waals surface area contributed by atoms with Gasteiger partial charge in [0.05, 0.1) is 5.92 Å². The predicted octanol–water partition coefficient (Wildman–Crippen LogP) is 0.602. The van der Waals surface area contributed by atoms with E-state index in [-0.39, 0.29) is 23.2 Å². The van der Waals surface area contributed by atoms with Crippen molar-refractivity contribution in [3.63, 3.8) is 0 Å². The van der Waals surface area contributed by atoms with Crippen LogP contribution in [0.1, 0.15) is 19.3 Å². The van der Waals surface area contributed by atoms with Crippen molar-refractivity contribution in [3.8, 4) is 0 Å². The van der Waals surface area contributed by atoms with Gasteiger partial charge in [-0.05, 0) is 19.3 Å². The second-order valence-corrected chi connectivity index (χ2v) is 4.10. The topological polar surface area (TPSA) is 58.2 Å². The van der Waals surface area contributed by atoms with Gasteiger partial charge in [0.25, 0.3) is 0 Å². The monoisotopic (exact) mass is 202 g/mol. The molecule has 2 aliphatic rings. The van der Waals surface area contributed by atoms with Crippen molar-refractivity contribution in [2.24, 2.45) is 5.92 Å². The maximum absolute atomic E-state index is 11.4. The molecule has 2 fully saturated rings. The molecule has 5 heteroatoms. The fraction of sp³-hybridized carbons (Fsp3) is 0.750. The molecule has 1 heterocycles. The van der Waals surface area contributed by atoms with Crippen LogP contribution in [-0.2, 0) is 4.79 Å². The van der Waals surface area contributed by atoms with Crippen molar-refractivity contribution >= 4 is 23.5 Å². The number of imide groups is 1. The van der Waals surface area contributed by atoms with Crippen molar-refractivity contribution in [2.75, 3.05) is 0 Å². The van der Waals surface area contributed by atoms with Crippen LogP contribution in [0.25, 0.3) is 0 Å². The normalized spacial score (nSPS) is 39.0. The Morgan fingerprint density at radius 3 is 2.85 bits per heavy atom. The third kappa shape index (κ3) is 1.50. The van der Waals surface area contributed by atoms with Gasteiger partial charge >= 0.3 is 6.03 Å². The van der Waals surface area contributed by atoms with E-state index in [0.29, 0.717) is 0 Å². The molecule has 0 aromatic carbocycles. The van der Waals surface area contributed by atoms with Crippen LogP contribution in [0.15, 0.2) is 0 Å². The second kappa shape index (κ2) is 3.18. The second-order valence-electron chi connectivity index (χ2n) is 3.54. The number of fused-ring (bicyclic) bond motifs is 1. The van der Waals surface area contributed by atoms with Crippen LogP contribution in [-0.4, -0.2) is 23.4 Å². The zero-order valence-electron chi connectivity index (χ0n) is 7.05. The zero-order chi connectivity index (χ0) is 9.42. The first-order chi connectivity index (χ1) is 6.18. The molecule has 1 saturated heterocycles. The number of carbonyl (C=O) groups is 2. The van der Waals surface area contributed by atoms with Gasteiger partial charge < -0.3 is 5.32 Å².